The SMILES string of the molecule is C1=C/CCCC/C=C/CCCC/C=C/1. The van der Waals surface area contributed by atoms with Crippen LogP contribution in [0.4, 0.5) is 0 Å². The minimum atomic E-state index is 1.23. The molecule has 0 aromatic heterocycles. The van der Waals surface area contributed by atoms with E-state index in [2.05, 4.69) is 36.5 Å². The van der Waals surface area contributed by atoms with Gasteiger partial charge in [0.05, 0.1) is 0 Å². The third-order valence-electron chi connectivity index (χ3n) is 2.53. The summed E-state index contributed by atoms with van der Waals surface area (Å²) >= 11 is 0. The molecule has 0 fully saturated rings. The van der Waals surface area contributed by atoms with Crippen LogP contribution in [0.15, 0.2) is 36.5 Å². The van der Waals surface area contributed by atoms with E-state index in [1.807, 2.05) is 0 Å². The number of hydrogen-bond acceptors (Lipinski definition) is 0. The van der Waals surface area contributed by atoms with E-state index >= 15 is 0 Å². The molecule has 0 amide bonds. The predicted molar refractivity (Wildman–Crippen MR) is 64.4 cm³/mol. The zero-order valence-electron chi connectivity index (χ0n) is 9.12. The van der Waals surface area contributed by atoms with Crippen LogP contribution in [0.3, 0.4) is 0 Å². The second kappa shape index (κ2) is 8.80. The molecular formula is C14H22. The molecule has 0 spiro atoms. The van der Waals surface area contributed by atoms with Crippen molar-refractivity contribution in [1.29, 1.82) is 0 Å². The smallest absolute Gasteiger partial charge is 0.0347 e. The van der Waals surface area contributed by atoms with Crippen LogP contribution in [0.25, 0.3) is 0 Å². The van der Waals surface area contributed by atoms with Crippen LogP contribution in [-0.4, -0.2) is 0 Å². The van der Waals surface area contributed by atoms with Crippen LogP contribution in [0.1, 0.15) is 51.4 Å². The van der Waals surface area contributed by atoms with Crippen molar-refractivity contribution in [1.82, 2.24) is 0 Å². The summed E-state index contributed by atoms with van der Waals surface area (Å²) in [5.74, 6) is 0. The average molecular weight is 190 g/mol. The molecule has 1 rings (SSSR count). The Bertz CT molecular complexity index is 174. The van der Waals surface area contributed by atoms with E-state index in [1.54, 1.807) is 0 Å². The molecule has 0 heteroatoms. The Labute approximate surface area is 88.4 Å². The molecule has 0 saturated carbocycles. The van der Waals surface area contributed by atoms with Crippen LogP contribution in [0.2, 0.25) is 0 Å². The van der Waals surface area contributed by atoms with Gasteiger partial charge in [-0.2, -0.15) is 0 Å². The Hall–Kier alpha value is -0.780. The van der Waals surface area contributed by atoms with E-state index in [0.29, 0.717) is 0 Å². The third-order valence-corrected chi connectivity index (χ3v) is 2.53. The minimum absolute atomic E-state index is 1.23. The fourth-order valence-electron chi connectivity index (χ4n) is 1.63. The van der Waals surface area contributed by atoms with Crippen molar-refractivity contribution in [3.8, 4) is 0 Å². The maximum atomic E-state index is 2.35. The van der Waals surface area contributed by atoms with Crippen LogP contribution in [0.5, 0.6) is 0 Å². The summed E-state index contributed by atoms with van der Waals surface area (Å²) in [4.78, 5) is 0. The Morgan fingerprint density at radius 2 is 0.786 bits per heavy atom. The molecule has 0 aromatic carbocycles. The first-order chi connectivity index (χ1) is 7.00. The number of allylic oxidation sites excluding steroid dienone is 6. The molecule has 0 radical (unpaired) electrons. The Morgan fingerprint density at radius 3 is 1.21 bits per heavy atom. The van der Waals surface area contributed by atoms with Crippen LogP contribution in [-0.2, 0) is 0 Å². The van der Waals surface area contributed by atoms with Crippen molar-refractivity contribution in [3.05, 3.63) is 36.5 Å². The van der Waals surface area contributed by atoms with Gasteiger partial charge >= 0.3 is 0 Å². The quantitative estimate of drug-likeness (QED) is 0.482. The first kappa shape index (κ1) is 11.3. The maximum absolute atomic E-state index is 2.35. The highest BCUT2D eigenvalue weighted by molar-refractivity contribution is 5.02. The first-order valence-corrected chi connectivity index (χ1v) is 5.97. The van der Waals surface area contributed by atoms with Crippen molar-refractivity contribution in [2.24, 2.45) is 0 Å². The fraction of sp³-hybridized carbons (Fsp3) is 0.571. The van der Waals surface area contributed by atoms with Gasteiger partial charge in [-0.3, -0.25) is 0 Å². The molecule has 0 unspecified atom stereocenters. The lowest BCUT2D eigenvalue weighted by atomic mass is 10.1. The first-order valence-electron chi connectivity index (χ1n) is 5.97. The van der Waals surface area contributed by atoms with Gasteiger partial charge in [-0.05, 0) is 51.4 Å². The van der Waals surface area contributed by atoms with Crippen LogP contribution in [0, 0.1) is 0 Å². The maximum Gasteiger partial charge on any atom is -0.0347 e. The van der Waals surface area contributed by atoms with Gasteiger partial charge in [0.15, 0.2) is 0 Å². The van der Waals surface area contributed by atoms with Crippen molar-refractivity contribution in [3.63, 3.8) is 0 Å². The molecule has 0 atom stereocenters. The van der Waals surface area contributed by atoms with Gasteiger partial charge in [0, 0.05) is 0 Å². The van der Waals surface area contributed by atoms with E-state index in [4.69, 9.17) is 0 Å². The second-order valence-corrected chi connectivity index (χ2v) is 3.90. The number of hydrogen-bond donors (Lipinski definition) is 0. The third kappa shape index (κ3) is 6.71. The lowest BCUT2D eigenvalue weighted by molar-refractivity contribution is 0.744. The zero-order valence-corrected chi connectivity index (χ0v) is 9.12. The Kier molecular flexibility index (Phi) is 7.10. The lowest BCUT2D eigenvalue weighted by Gasteiger charge is -1.95. The molecule has 0 heterocycles. The lowest BCUT2D eigenvalue weighted by Crippen LogP contribution is -1.75. The van der Waals surface area contributed by atoms with Crippen molar-refractivity contribution in [2.45, 2.75) is 51.4 Å². The second-order valence-electron chi connectivity index (χ2n) is 3.90. The topological polar surface area (TPSA) is 0 Å². The molecule has 0 bridgehead atoms. The normalized spacial score (nSPS) is 27.4. The summed E-state index contributed by atoms with van der Waals surface area (Å²) in [7, 11) is 0. The number of rotatable bonds is 0. The van der Waals surface area contributed by atoms with Gasteiger partial charge in [0.2, 0.25) is 0 Å². The van der Waals surface area contributed by atoms with Crippen LogP contribution < -0.4 is 0 Å². The summed E-state index contributed by atoms with van der Waals surface area (Å²) in [5, 5.41) is 0. The molecule has 0 saturated heterocycles. The van der Waals surface area contributed by atoms with Gasteiger partial charge in [-0.1, -0.05) is 36.5 Å². The van der Waals surface area contributed by atoms with Crippen molar-refractivity contribution in [2.75, 3.05) is 0 Å². The van der Waals surface area contributed by atoms with Crippen LogP contribution >= 0.6 is 0 Å². The van der Waals surface area contributed by atoms with E-state index < -0.39 is 0 Å². The summed E-state index contributed by atoms with van der Waals surface area (Å²) in [6.45, 7) is 0. The molecule has 78 valence electrons. The van der Waals surface area contributed by atoms with Gasteiger partial charge in [-0.25, -0.2) is 0 Å². The molecule has 14 heavy (non-hydrogen) atoms. The monoisotopic (exact) mass is 190 g/mol. The highest BCUT2D eigenvalue weighted by Gasteiger charge is 1.86. The highest BCUT2D eigenvalue weighted by Crippen LogP contribution is 2.06. The molecule has 0 aromatic rings. The molecular weight excluding hydrogens is 168 g/mol. The van der Waals surface area contributed by atoms with E-state index in [-0.39, 0.29) is 0 Å². The Balaban J connectivity index is 2.25. The molecule has 0 aliphatic heterocycles. The molecule has 1 aliphatic carbocycles. The fourth-order valence-corrected chi connectivity index (χ4v) is 1.63. The molecule has 0 N–H and O–H groups in total. The Morgan fingerprint density at radius 1 is 0.429 bits per heavy atom. The summed E-state index contributed by atoms with van der Waals surface area (Å²) in [6.07, 6.45) is 24.0. The predicted octanol–water partition coefficient (Wildman–Crippen LogP) is 4.79. The summed E-state index contributed by atoms with van der Waals surface area (Å²) in [6, 6.07) is 0. The largest absolute Gasteiger partial charge is 0.0885 e. The highest BCUT2D eigenvalue weighted by atomic mass is 13.9. The van der Waals surface area contributed by atoms with Crippen molar-refractivity contribution < 1.29 is 0 Å². The zero-order chi connectivity index (χ0) is 9.90. The minimum Gasteiger partial charge on any atom is -0.0885 e. The van der Waals surface area contributed by atoms with Gasteiger partial charge in [0.25, 0.3) is 0 Å². The summed E-state index contributed by atoms with van der Waals surface area (Å²) in [5.41, 5.74) is 0. The van der Waals surface area contributed by atoms with Crippen molar-refractivity contribution >= 4 is 0 Å². The van der Waals surface area contributed by atoms with Gasteiger partial charge in [0.1, 0.15) is 0 Å². The summed E-state index contributed by atoms with van der Waals surface area (Å²) < 4.78 is 0. The standard InChI is InChI=1S/C14H22/c1-2-4-6-8-10-12-14-13-11-9-7-5-3-1/h1-4,13-14H,5-12H2/b3-1+,4-2+,14-13+. The molecule has 1 aliphatic rings. The average Bonchev–Trinajstić information content (AvgIpc) is 2.22. The van der Waals surface area contributed by atoms with Gasteiger partial charge in [-0.15, -0.1) is 0 Å². The molecule has 0 nitrogen and oxygen atoms in total. The van der Waals surface area contributed by atoms with E-state index in [1.165, 1.54) is 51.4 Å². The van der Waals surface area contributed by atoms with E-state index in [9.17, 15) is 0 Å². The van der Waals surface area contributed by atoms with Gasteiger partial charge < -0.3 is 0 Å². The van der Waals surface area contributed by atoms with E-state index in [0.717, 1.165) is 0 Å².